The minimum Gasteiger partial charge on any atom is -0.310 e. The van der Waals surface area contributed by atoms with E-state index in [9.17, 15) is 10.1 Å². The van der Waals surface area contributed by atoms with E-state index in [1.807, 2.05) is 0 Å². The van der Waals surface area contributed by atoms with Gasteiger partial charge in [-0.05, 0) is 18.6 Å². The highest BCUT2D eigenvalue weighted by atomic mass is 32.2. The molecule has 0 aromatic heterocycles. The number of unbranched alkanes of at least 4 members (excludes halogenated alkanes) is 2. The van der Waals surface area contributed by atoms with E-state index in [-0.39, 0.29) is 5.69 Å². The second-order valence-electron chi connectivity index (χ2n) is 3.36. The van der Waals surface area contributed by atoms with Crippen LogP contribution in [0.2, 0.25) is 0 Å². The summed E-state index contributed by atoms with van der Waals surface area (Å²) in [4.78, 5) is 10.9. The highest BCUT2D eigenvalue weighted by molar-refractivity contribution is 7.94. The van der Waals surface area contributed by atoms with Crippen LogP contribution in [-0.4, -0.2) is 11.5 Å². The molecule has 0 aliphatic carbocycles. The Morgan fingerprint density at radius 1 is 1.31 bits per heavy atom. The lowest BCUT2D eigenvalue weighted by molar-refractivity contribution is -0.384. The predicted octanol–water partition coefficient (Wildman–Crippen LogP) is 3.81. The third-order valence-corrected chi connectivity index (χ3v) is 2.78. The topological polar surface area (TPSA) is 52.4 Å². The molecule has 1 aromatic carbocycles. The van der Waals surface area contributed by atoms with Gasteiger partial charge in [-0.15, -0.1) is 0 Å². The van der Waals surface area contributed by atoms with E-state index in [1.165, 1.54) is 37.0 Å². The Morgan fingerprint density at radius 2 is 2.00 bits per heavy atom. The largest absolute Gasteiger partial charge is 0.310 e. The molecule has 0 unspecified atom stereocenters. The second kappa shape index (κ2) is 7.24. The van der Waals surface area contributed by atoms with Crippen molar-refractivity contribution in [3.05, 3.63) is 34.4 Å². The lowest BCUT2D eigenvalue weighted by Gasteiger charge is -2.01. The molecule has 0 fully saturated rings. The zero-order chi connectivity index (χ0) is 11.8. The van der Waals surface area contributed by atoms with E-state index in [1.54, 1.807) is 12.1 Å². The van der Waals surface area contributed by atoms with E-state index in [0.29, 0.717) is 0 Å². The van der Waals surface area contributed by atoms with Crippen LogP contribution in [-0.2, 0) is 4.18 Å². The lowest BCUT2D eigenvalue weighted by Crippen LogP contribution is -1.88. The van der Waals surface area contributed by atoms with Gasteiger partial charge in [0.25, 0.3) is 5.69 Å². The first-order valence-corrected chi connectivity index (χ1v) is 6.02. The van der Waals surface area contributed by atoms with Gasteiger partial charge in [-0.25, -0.2) is 0 Å². The molecule has 0 spiro atoms. The number of benzene rings is 1. The van der Waals surface area contributed by atoms with Crippen molar-refractivity contribution >= 4 is 17.7 Å². The normalized spacial score (nSPS) is 10.3. The van der Waals surface area contributed by atoms with Crippen molar-refractivity contribution in [3.8, 4) is 0 Å². The summed E-state index contributed by atoms with van der Waals surface area (Å²) in [6.45, 7) is 2.86. The second-order valence-corrected chi connectivity index (χ2v) is 4.24. The number of hydrogen-bond acceptors (Lipinski definition) is 4. The quantitative estimate of drug-likeness (QED) is 0.315. The van der Waals surface area contributed by atoms with Crippen LogP contribution in [0, 0.1) is 10.1 Å². The number of rotatable bonds is 7. The minimum absolute atomic E-state index is 0.107. The summed E-state index contributed by atoms with van der Waals surface area (Å²) in [5.74, 6) is 0. The van der Waals surface area contributed by atoms with Gasteiger partial charge in [-0.1, -0.05) is 19.8 Å². The first-order valence-electron chi connectivity index (χ1n) is 5.28. The maximum Gasteiger partial charge on any atom is 0.269 e. The molecule has 16 heavy (non-hydrogen) atoms. The number of nitro groups is 1. The van der Waals surface area contributed by atoms with Crippen LogP contribution >= 0.6 is 12.0 Å². The van der Waals surface area contributed by atoms with Gasteiger partial charge in [0, 0.05) is 29.1 Å². The van der Waals surface area contributed by atoms with Crippen LogP contribution in [0.15, 0.2) is 29.2 Å². The standard InChI is InChI=1S/C11H15NO3S/c1-2-3-4-9-15-16-11-7-5-10(6-8-11)12(13)14/h5-8H,2-4,9H2,1H3. The van der Waals surface area contributed by atoms with Gasteiger partial charge >= 0.3 is 0 Å². The molecule has 0 heterocycles. The van der Waals surface area contributed by atoms with Crippen LogP contribution < -0.4 is 0 Å². The van der Waals surface area contributed by atoms with Crippen molar-refractivity contribution in [1.82, 2.24) is 0 Å². The summed E-state index contributed by atoms with van der Waals surface area (Å²) in [6.07, 6.45) is 3.39. The summed E-state index contributed by atoms with van der Waals surface area (Å²) in [5, 5.41) is 10.4. The molecule has 4 nitrogen and oxygen atoms in total. The summed E-state index contributed by atoms with van der Waals surface area (Å²) in [6, 6.07) is 6.36. The van der Waals surface area contributed by atoms with E-state index in [0.717, 1.165) is 17.9 Å². The maximum atomic E-state index is 10.4. The Kier molecular flexibility index (Phi) is 5.88. The van der Waals surface area contributed by atoms with Gasteiger partial charge in [0.15, 0.2) is 0 Å². The van der Waals surface area contributed by atoms with Gasteiger partial charge in [0.05, 0.1) is 11.5 Å². The van der Waals surface area contributed by atoms with E-state index in [4.69, 9.17) is 4.18 Å². The first-order chi connectivity index (χ1) is 7.74. The Hall–Kier alpha value is -1.07. The molecule has 0 saturated carbocycles. The monoisotopic (exact) mass is 241 g/mol. The van der Waals surface area contributed by atoms with E-state index < -0.39 is 4.92 Å². The summed E-state index contributed by atoms with van der Waals surface area (Å²) in [7, 11) is 0. The molecule has 0 N–H and O–H groups in total. The number of nitrogens with zero attached hydrogens (tertiary/aromatic N) is 1. The van der Waals surface area contributed by atoms with Crippen molar-refractivity contribution < 1.29 is 9.11 Å². The molecular formula is C11H15NO3S. The van der Waals surface area contributed by atoms with Crippen molar-refractivity contribution in [3.63, 3.8) is 0 Å². The Balaban J connectivity index is 2.29. The van der Waals surface area contributed by atoms with Crippen LogP contribution in [0.5, 0.6) is 0 Å². The van der Waals surface area contributed by atoms with Crippen LogP contribution in [0.25, 0.3) is 0 Å². The zero-order valence-electron chi connectivity index (χ0n) is 9.22. The SMILES string of the molecule is CCCCCOSc1ccc([N+](=O)[O-])cc1. The molecule has 0 aliphatic heterocycles. The third kappa shape index (κ3) is 4.63. The molecule has 0 aliphatic rings. The lowest BCUT2D eigenvalue weighted by atomic mass is 10.3. The fourth-order valence-electron chi connectivity index (χ4n) is 1.14. The molecular weight excluding hydrogens is 226 g/mol. The predicted molar refractivity (Wildman–Crippen MR) is 64.4 cm³/mol. The van der Waals surface area contributed by atoms with Gasteiger partial charge in [0.2, 0.25) is 0 Å². The zero-order valence-corrected chi connectivity index (χ0v) is 10.0. The molecule has 0 radical (unpaired) electrons. The van der Waals surface area contributed by atoms with Gasteiger partial charge in [-0.2, -0.15) is 0 Å². The van der Waals surface area contributed by atoms with Crippen molar-refractivity contribution in [1.29, 1.82) is 0 Å². The Bertz CT molecular complexity index is 327. The fourth-order valence-corrected chi connectivity index (χ4v) is 1.73. The smallest absolute Gasteiger partial charge is 0.269 e. The van der Waals surface area contributed by atoms with Crippen molar-refractivity contribution in [2.45, 2.75) is 31.1 Å². The van der Waals surface area contributed by atoms with Crippen LogP contribution in [0.4, 0.5) is 5.69 Å². The highest BCUT2D eigenvalue weighted by Gasteiger charge is 2.04. The number of nitro benzene ring substituents is 1. The average Bonchev–Trinajstić information content (AvgIpc) is 2.29. The van der Waals surface area contributed by atoms with Gasteiger partial charge < -0.3 is 4.18 Å². The summed E-state index contributed by atoms with van der Waals surface area (Å²) in [5.41, 5.74) is 0.107. The van der Waals surface area contributed by atoms with E-state index >= 15 is 0 Å². The molecule has 0 atom stereocenters. The van der Waals surface area contributed by atoms with Crippen molar-refractivity contribution in [2.75, 3.05) is 6.61 Å². The highest BCUT2D eigenvalue weighted by Crippen LogP contribution is 2.22. The molecule has 0 bridgehead atoms. The van der Waals surface area contributed by atoms with Gasteiger partial charge in [0.1, 0.15) is 0 Å². The third-order valence-electron chi connectivity index (χ3n) is 2.03. The summed E-state index contributed by atoms with van der Waals surface area (Å²) < 4.78 is 5.37. The minimum atomic E-state index is -0.406. The Morgan fingerprint density at radius 3 is 2.56 bits per heavy atom. The summed E-state index contributed by atoms with van der Waals surface area (Å²) >= 11 is 1.27. The average molecular weight is 241 g/mol. The molecule has 88 valence electrons. The van der Waals surface area contributed by atoms with Crippen LogP contribution in [0.1, 0.15) is 26.2 Å². The number of hydrogen-bond donors (Lipinski definition) is 0. The van der Waals surface area contributed by atoms with Crippen molar-refractivity contribution in [2.24, 2.45) is 0 Å². The molecule has 5 heteroatoms. The fraction of sp³-hybridized carbons (Fsp3) is 0.455. The Labute approximate surface area is 99.4 Å². The van der Waals surface area contributed by atoms with Gasteiger partial charge in [-0.3, -0.25) is 10.1 Å². The first kappa shape index (κ1) is 13.0. The van der Waals surface area contributed by atoms with E-state index in [2.05, 4.69) is 6.92 Å². The molecule has 1 aromatic rings. The maximum absolute atomic E-state index is 10.4. The number of non-ortho nitro benzene ring substituents is 1. The molecule has 0 saturated heterocycles. The van der Waals surface area contributed by atoms with Crippen LogP contribution in [0.3, 0.4) is 0 Å². The molecule has 1 rings (SSSR count). The molecule has 0 amide bonds.